The third-order valence-electron chi connectivity index (χ3n) is 3.08. The van der Waals surface area contributed by atoms with Crippen molar-refractivity contribution >= 4 is 34.8 Å². The van der Waals surface area contributed by atoms with Crippen LogP contribution in [0.15, 0.2) is 46.7 Å². The average Bonchev–Trinajstić information content (AvgIpc) is 3.07. The van der Waals surface area contributed by atoms with Crippen LogP contribution in [0.4, 0.5) is 10.5 Å². The van der Waals surface area contributed by atoms with Crippen molar-refractivity contribution in [3.8, 4) is 6.07 Å². The van der Waals surface area contributed by atoms with E-state index >= 15 is 0 Å². The van der Waals surface area contributed by atoms with E-state index < -0.39 is 0 Å². The second-order valence-electron chi connectivity index (χ2n) is 5.05. The zero-order valence-corrected chi connectivity index (χ0v) is 14.5. The van der Waals surface area contributed by atoms with Gasteiger partial charge >= 0.3 is 6.03 Å². The van der Waals surface area contributed by atoms with Crippen molar-refractivity contribution in [2.24, 2.45) is 5.92 Å². The molecule has 2 N–H and O–H groups in total. The van der Waals surface area contributed by atoms with Crippen molar-refractivity contribution in [1.29, 1.82) is 5.26 Å². The van der Waals surface area contributed by atoms with E-state index in [1.807, 2.05) is 42.6 Å². The third kappa shape index (κ3) is 5.97. The van der Waals surface area contributed by atoms with Gasteiger partial charge in [-0.05, 0) is 36.9 Å². The number of hydrogen-bond donors (Lipinski definition) is 2. The number of rotatable bonds is 7. The van der Waals surface area contributed by atoms with E-state index in [0.717, 1.165) is 17.0 Å². The fourth-order valence-electron chi connectivity index (χ4n) is 1.87. The number of para-hydroxylation sites is 1. The van der Waals surface area contributed by atoms with Crippen LogP contribution in [0, 0.1) is 17.2 Å². The van der Waals surface area contributed by atoms with Gasteiger partial charge in [0.25, 0.3) is 0 Å². The second-order valence-corrected chi connectivity index (χ2v) is 7.14. The number of anilines is 1. The van der Waals surface area contributed by atoms with Gasteiger partial charge in [-0.1, -0.05) is 18.2 Å². The molecule has 0 spiro atoms. The molecule has 0 bridgehead atoms. The van der Waals surface area contributed by atoms with Gasteiger partial charge in [-0.15, -0.1) is 23.1 Å². The number of thioether (sulfide) groups is 1. The lowest BCUT2D eigenvalue weighted by atomic mass is 10.3. The molecule has 0 aliphatic carbocycles. The second kappa shape index (κ2) is 9.23. The summed E-state index contributed by atoms with van der Waals surface area (Å²) in [5.74, 6) is 0.683. The number of hydrogen-bond acceptors (Lipinski definition) is 4. The molecule has 0 saturated heterocycles. The number of carbonyl (C=O) groups is 1. The van der Waals surface area contributed by atoms with E-state index in [4.69, 9.17) is 5.26 Å². The van der Waals surface area contributed by atoms with E-state index in [-0.39, 0.29) is 11.9 Å². The fourth-order valence-corrected chi connectivity index (χ4v) is 3.53. The number of thiophene rings is 1. The zero-order valence-electron chi connectivity index (χ0n) is 12.9. The molecular formula is C17H19N3OS2. The van der Waals surface area contributed by atoms with Crippen LogP contribution >= 0.6 is 23.1 Å². The smallest absolute Gasteiger partial charge is 0.319 e. The Kier molecular flexibility index (Phi) is 6.98. The van der Waals surface area contributed by atoms with Crippen LogP contribution in [0.2, 0.25) is 0 Å². The molecule has 2 aromatic rings. The lowest BCUT2D eigenvalue weighted by Crippen LogP contribution is -2.30. The van der Waals surface area contributed by atoms with Gasteiger partial charge in [0.15, 0.2) is 0 Å². The van der Waals surface area contributed by atoms with E-state index in [1.165, 1.54) is 4.88 Å². The molecule has 2 rings (SSSR count). The number of amides is 2. The zero-order chi connectivity index (χ0) is 16.5. The number of carbonyl (C=O) groups excluding carboxylic acids is 1. The summed E-state index contributed by atoms with van der Waals surface area (Å²) >= 11 is 3.27. The maximum atomic E-state index is 12.0. The lowest BCUT2D eigenvalue weighted by molar-refractivity contribution is 0.252. The Morgan fingerprint density at radius 1 is 1.35 bits per heavy atom. The molecule has 4 nitrogen and oxygen atoms in total. The predicted molar refractivity (Wildman–Crippen MR) is 97.0 cm³/mol. The molecule has 0 radical (unpaired) electrons. The Balaban J connectivity index is 1.84. The minimum atomic E-state index is -0.206. The van der Waals surface area contributed by atoms with Crippen LogP contribution in [0.25, 0.3) is 0 Å². The van der Waals surface area contributed by atoms with Crippen molar-refractivity contribution in [3.05, 3.63) is 46.7 Å². The van der Waals surface area contributed by atoms with E-state index in [1.54, 1.807) is 23.1 Å². The highest BCUT2D eigenvalue weighted by molar-refractivity contribution is 7.99. The number of nitriles is 1. The Labute approximate surface area is 144 Å². The fraction of sp³-hybridized carbons (Fsp3) is 0.294. The van der Waals surface area contributed by atoms with E-state index in [0.29, 0.717) is 12.3 Å². The molecule has 0 aliphatic heterocycles. The van der Waals surface area contributed by atoms with Gasteiger partial charge in [0.05, 0.1) is 17.7 Å². The SMILES string of the molecule is CC(C#N)CSc1ccccc1NC(=O)NCCc1cccs1. The van der Waals surface area contributed by atoms with Crippen molar-refractivity contribution in [2.75, 3.05) is 17.6 Å². The summed E-state index contributed by atoms with van der Waals surface area (Å²) in [6, 6.07) is 13.7. The monoisotopic (exact) mass is 345 g/mol. The first kappa shape index (κ1) is 17.4. The van der Waals surface area contributed by atoms with Gasteiger partial charge in [0, 0.05) is 22.1 Å². The van der Waals surface area contributed by atoms with Gasteiger partial charge < -0.3 is 10.6 Å². The molecule has 23 heavy (non-hydrogen) atoms. The average molecular weight is 345 g/mol. The normalized spacial score (nSPS) is 11.5. The molecule has 1 atom stereocenters. The summed E-state index contributed by atoms with van der Waals surface area (Å²) in [4.78, 5) is 14.2. The standard InChI is InChI=1S/C17H19N3OS2/c1-13(11-18)12-23-16-7-3-2-6-15(16)20-17(21)19-9-8-14-5-4-10-22-14/h2-7,10,13H,8-9,12H2,1H3,(H2,19,20,21). The largest absolute Gasteiger partial charge is 0.338 e. The first-order valence-corrected chi connectivity index (χ1v) is 9.24. The summed E-state index contributed by atoms with van der Waals surface area (Å²) in [6.45, 7) is 2.49. The van der Waals surface area contributed by atoms with E-state index in [9.17, 15) is 4.79 Å². The van der Waals surface area contributed by atoms with Gasteiger partial charge in [-0.2, -0.15) is 5.26 Å². The minimum Gasteiger partial charge on any atom is -0.338 e. The molecule has 6 heteroatoms. The summed E-state index contributed by atoms with van der Waals surface area (Å²) in [7, 11) is 0. The molecule has 0 aliphatic rings. The number of urea groups is 1. The molecule has 1 unspecified atom stereocenters. The molecule has 1 aromatic heterocycles. The third-order valence-corrected chi connectivity index (χ3v) is 5.35. The minimum absolute atomic E-state index is 0.0207. The molecular weight excluding hydrogens is 326 g/mol. The summed E-state index contributed by atoms with van der Waals surface area (Å²) in [5, 5.41) is 16.6. The van der Waals surface area contributed by atoms with Gasteiger partial charge in [-0.25, -0.2) is 4.79 Å². The number of nitrogens with one attached hydrogen (secondary N) is 2. The molecule has 1 heterocycles. The van der Waals surface area contributed by atoms with Crippen LogP contribution < -0.4 is 10.6 Å². The van der Waals surface area contributed by atoms with Crippen molar-refractivity contribution in [1.82, 2.24) is 5.32 Å². The van der Waals surface area contributed by atoms with Gasteiger partial charge in [0.2, 0.25) is 0 Å². The summed E-state index contributed by atoms with van der Waals surface area (Å²) in [5.41, 5.74) is 0.774. The van der Waals surface area contributed by atoms with Crippen LogP contribution in [-0.4, -0.2) is 18.3 Å². The molecule has 0 saturated carbocycles. The van der Waals surface area contributed by atoms with E-state index in [2.05, 4.69) is 22.8 Å². The van der Waals surface area contributed by atoms with Crippen LogP contribution in [0.5, 0.6) is 0 Å². The summed E-state index contributed by atoms with van der Waals surface area (Å²) < 4.78 is 0. The topological polar surface area (TPSA) is 64.9 Å². The van der Waals surface area contributed by atoms with Crippen LogP contribution in [0.3, 0.4) is 0 Å². The lowest BCUT2D eigenvalue weighted by Gasteiger charge is -2.12. The van der Waals surface area contributed by atoms with Crippen molar-refractivity contribution < 1.29 is 4.79 Å². The van der Waals surface area contributed by atoms with Crippen molar-refractivity contribution in [3.63, 3.8) is 0 Å². The number of benzene rings is 1. The Bertz CT molecular complexity index is 665. The first-order valence-electron chi connectivity index (χ1n) is 7.37. The maximum absolute atomic E-state index is 12.0. The molecule has 2 amide bonds. The summed E-state index contributed by atoms with van der Waals surface area (Å²) in [6.07, 6.45) is 0.834. The first-order chi connectivity index (χ1) is 11.2. The quantitative estimate of drug-likeness (QED) is 0.733. The molecule has 1 aromatic carbocycles. The van der Waals surface area contributed by atoms with Gasteiger partial charge in [0.1, 0.15) is 0 Å². The van der Waals surface area contributed by atoms with Crippen LogP contribution in [-0.2, 0) is 6.42 Å². The number of nitrogens with zero attached hydrogens (tertiary/aromatic N) is 1. The van der Waals surface area contributed by atoms with Crippen LogP contribution in [0.1, 0.15) is 11.8 Å². The maximum Gasteiger partial charge on any atom is 0.319 e. The predicted octanol–water partition coefficient (Wildman–Crippen LogP) is 4.36. The highest BCUT2D eigenvalue weighted by Gasteiger charge is 2.08. The highest BCUT2D eigenvalue weighted by Crippen LogP contribution is 2.28. The Hall–Kier alpha value is -1.97. The Morgan fingerprint density at radius 2 is 2.17 bits per heavy atom. The Morgan fingerprint density at radius 3 is 2.91 bits per heavy atom. The highest BCUT2D eigenvalue weighted by atomic mass is 32.2. The van der Waals surface area contributed by atoms with Gasteiger partial charge in [-0.3, -0.25) is 0 Å². The molecule has 0 fully saturated rings. The molecule has 120 valence electrons. The van der Waals surface area contributed by atoms with Crippen molar-refractivity contribution in [2.45, 2.75) is 18.2 Å².